The van der Waals surface area contributed by atoms with Gasteiger partial charge in [-0.1, -0.05) is 31.5 Å². The van der Waals surface area contributed by atoms with Crippen LogP contribution in [0, 0.1) is 0 Å². The van der Waals surface area contributed by atoms with Crippen LogP contribution in [0.5, 0.6) is 0 Å². The van der Waals surface area contributed by atoms with E-state index in [4.69, 9.17) is 16.3 Å². The number of ketones is 1. The van der Waals surface area contributed by atoms with Gasteiger partial charge in [-0.05, 0) is 54.8 Å². The third-order valence-corrected chi connectivity index (χ3v) is 4.77. The summed E-state index contributed by atoms with van der Waals surface area (Å²) in [6, 6.07) is 9.32. The number of ether oxygens (including phenoxy) is 1. The Labute approximate surface area is 171 Å². The molecule has 4 nitrogen and oxygen atoms in total. The average molecular weight is 399 g/mol. The smallest absolute Gasteiger partial charge is 0.141 e. The van der Waals surface area contributed by atoms with E-state index in [0.717, 1.165) is 27.6 Å². The largest absolute Gasteiger partial charge is 0.374 e. The van der Waals surface area contributed by atoms with Crippen LogP contribution in [0.2, 0.25) is 5.02 Å². The zero-order valence-electron chi connectivity index (χ0n) is 17.1. The number of carbonyl (C=O) groups is 1. The number of fused-ring (bicyclic) bond motifs is 1. The molecule has 0 saturated carbocycles. The number of aromatic nitrogens is 2. The Morgan fingerprint density at radius 1 is 1.14 bits per heavy atom. The highest BCUT2D eigenvalue weighted by Crippen LogP contribution is 2.34. The SMILES string of the molecule is CC.COC(C)(C)c1c(CC(=O)Cc2cccnc2)cnc2ccc(Cl)cc12. The molecule has 0 saturated heterocycles. The maximum absolute atomic E-state index is 12.6. The third kappa shape index (κ3) is 5.15. The molecule has 148 valence electrons. The maximum atomic E-state index is 12.6. The van der Waals surface area contributed by atoms with Gasteiger partial charge in [-0.15, -0.1) is 0 Å². The molecule has 0 amide bonds. The fraction of sp³-hybridized carbons (Fsp3) is 0.348. The van der Waals surface area contributed by atoms with Crippen molar-refractivity contribution in [2.75, 3.05) is 7.11 Å². The molecule has 0 spiro atoms. The highest BCUT2D eigenvalue weighted by Gasteiger charge is 2.27. The van der Waals surface area contributed by atoms with Gasteiger partial charge in [0, 0.05) is 49.0 Å². The minimum absolute atomic E-state index is 0.106. The molecule has 0 bridgehead atoms. The normalized spacial score (nSPS) is 11.1. The molecule has 0 atom stereocenters. The Balaban J connectivity index is 0.00000136. The van der Waals surface area contributed by atoms with Crippen molar-refractivity contribution in [3.8, 4) is 0 Å². The van der Waals surface area contributed by atoms with E-state index in [1.165, 1.54) is 0 Å². The monoisotopic (exact) mass is 398 g/mol. The van der Waals surface area contributed by atoms with Gasteiger partial charge >= 0.3 is 0 Å². The molecular formula is C23H27ClN2O2. The van der Waals surface area contributed by atoms with Gasteiger partial charge in [0.25, 0.3) is 0 Å². The van der Waals surface area contributed by atoms with E-state index in [0.29, 0.717) is 11.4 Å². The number of carbonyl (C=O) groups excluding carboxylic acids is 1. The number of halogens is 1. The molecule has 0 N–H and O–H groups in total. The number of hydrogen-bond acceptors (Lipinski definition) is 4. The summed E-state index contributed by atoms with van der Waals surface area (Å²) in [5, 5.41) is 1.54. The predicted molar refractivity (Wildman–Crippen MR) is 115 cm³/mol. The van der Waals surface area contributed by atoms with Gasteiger partial charge in [-0.25, -0.2) is 0 Å². The van der Waals surface area contributed by atoms with E-state index in [1.807, 2.05) is 58.0 Å². The lowest BCUT2D eigenvalue weighted by atomic mass is 9.88. The standard InChI is InChI=1S/C21H21ClN2O2.C2H6/c1-21(2,26-3)20-15(10-17(25)9-14-5-4-8-23-12-14)13-24-19-7-6-16(22)11-18(19)20;1-2/h4-8,11-13H,9-10H2,1-3H3;1-2H3. The van der Waals surface area contributed by atoms with Crippen LogP contribution in [0.15, 0.2) is 48.9 Å². The maximum Gasteiger partial charge on any atom is 0.141 e. The van der Waals surface area contributed by atoms with Crippen molar-refractivity contribution < 1.29 is 9.53 Å². The first-order valence-electron chi connectivity index (χ1n) is 9.44. The van der Waals surface area contributed by atoms with Gasteiger partial charge in [0.1, 0.15) is 5.78 Å². The van der Waals surface area contributed by atoms with E-state index in [9.17, 15) is 4.79 Å². The van der Waals surface area contributed by atoms with Gasteiger partial charge in [-0.2, -0.15) is 0 Å². The molecule has 0 aliphatic carbocycles. The average Bonchev–Trinajstić information content (AvgIpc) is 2.69. The number of benzene rings is 1. The van der Waals surface area contributed by atoms with Crippen LogP contribution in [0.25, 0.3) is 10.9 Å². The second kappa shape index (κ2) is 9.76. The van der Waals surface area contributed by atoms with Crippen molar-refractivity contribution in [1.29, 1.82) is 0 Å². The Morgan fingerprint density at radius 2 is 1.89 bits per heavy atom. The number of rotatable bonds is 6. The van der Waals surface area contributed by atoms with Crippen LogP contribution in [0.1, 0.15) is 44.4 Å². The zero-order valence-corrected chi connectivity index (χ0v) is 17.9. The minimum Gasteiger partial charge on any atom is -0.374 e. The molecule has 2 heterocycles. The molecule has 0 unspecified atom stereocenters. The van der Waals surface area contributed by atoms with Gasteiger partial charge in [0.2, 0.25) is 0 Å². The highest BCUT2D eigenvalue weighted by atomic mass is 35.5. The fourth-order valence-electron chi connectivity index (χ4n) is 3.16. The van der Waals surface area contributed by atoms with Crippen molar-refractivity contribution in [2.24, 2.45) is 0 Å². The van der Waals surface area contributed by atoms with Crippen molar-refractivity contribution >= 4 is 28.3 Å². The molecule has 2 aromatic heterocycles. The molecule has 0 radical (unpaired) electrons. The van der Waals surface area contributed by atoms with Gasteiger partial charge in [0.15, 0.2) is 0 Å². The summed E-state index contributed by atoms with van der Waals surface area (Å²) >= 11 is 6.21. The quantitative estimate of drug-likeness (QED) is 0.546. The van der Waals surface area contributed by atoms with E-state index in [1.54, 1.807) is 25.7 Å². The molecule has 1 aromatic carbocycles. The lowest BCUT2D eigenvalue weighted by Gasteiger charge is -2.27. The lowest BCUT2D eigenvalue weighted by Crippen LogP contribution is -2.23. The van der Waals surface area contributed by atoms with E-state index >= 15 is 0 Å². The Morgan fingerprint density at radius 3 is 2.54 bits per heavy atom. The molecule has 0 aliphatic rings. The topological polar surface area (TPSA) is 52.1 Å². The zero-order chi connectivity index (χ0) is 20.7. The van der Waals surface area contributed by atoms with Crippen LogP contribution < -0.4 is 0 Å². The summed E-state index contributed by atoms with van der Waals surface area (Å²) in [5.41, 5.74) is 2.97. The van der Waals surface area contributed by atoms with Crippen molar-refractivity contribution in [1.82, 2.24) is 9.97 Å². The van der Waals surface area contributed by atoms with Crippen molar-refractivity contribution in [3.63, 3.8) is 0 Å². The van der Waals surface area contributed by atoms with E-state index in [-0.39, 0.29) is 12.2 Å². The second-order valence-corrected chi connectivity index (χ2v) is 7.22. The van der Waals surface area contributed by atoms with Crippen LogP contribution in [0.3, 0.4) is 0 Å². The summed E-state index contributed by atoms with van der Waals surface area (Å²) in [6.45, 7) is 7.97. The Kier molecular flexibility index (Phi) is 7.67. The summed E-state index contributed by atoms with van der Waals surface area (Å²) in [7, 11) is 1.66. The van der Waals surface area contributed by atoms with Crippen LogP contribution >= 0.6 is 11.6 Å². The third-order valence-electron chi connectivity index (χ3n) is 4.53. The lowest BCUT2D eigenvalue weighted by molar-refractivity contribution is -0.117. The van der Waals surface area contributed by atoms with Gasteiger partial charge in [0.05, 0.1) is 11.1 Å². The molecule has 5 heteroatoms. The van der Waals surface area contributed by atoms with Crippen molar-refractivity contribution in [2.45, 2.75) is 46.1 Å². The van der Waals surface area contributed by atoms with Gasteiger partial charge in [-0.3, -0.25) is 14.8 Å². The molecule has 0 fully saturated rings. The number of pyridine rings is 2. The van der Waals surface area contributed by atoms with Crippen molar-refractivity contribution in [3.05, 3.63) is 70.6 Å². The van der Waals surface area contributed by atoms with E-state index < -0.39 is 5.60 Å². The fourth-order valence-corrected chi connectivity index (χ4v) is 3.33. The second-order valence-electron chi connectivity index (χ2n) is 6.79. The first-order valence-corrected chi connectivity index (χ1v) is 9.82. The number of hydrogen-bond donors (Lipinski definition) is 0. The Bertz CT molecular complexity index is 940. The van der Waals surface area contributed by atoms with Crippen LogP contribution in [0.4, 0.5) is 0 Å². The molecule has 0 aliphatic heterocycles. The van der Waals surface area contributed by atoms with Gasteiger partial charge < -0.3 is 4.74 Å². The summed E-state index contributed by atoms with van der Waals surface area (Å²) in [4.78, 5) is 21.2. The van der Waals surface area contributed by atoms with E-state index in [2.05, 4.69) is 9.97 Å². The molecular weight excluding hydrogens is 372 g/mol. The first kappa shape index (κ1) is 22.0. The van der Waals surface area contributed by atoms with Crippen LogP contribution in [-0.2, 0) is 28.0 Å². The minimum atomic E-state index is -0.574. The first-order chi connectivity index (χ1) is 13.4. The number of methoxy groups -OCH3 is 1. The summed E-state index contributed by atoms with van der Waals surface area (Å²) in [6.07, 6.45) is 5.81. The number of Topliss-reactive ketones (excluding diaryl/α,β-unsaturated/α-hetero) is 1. The van der Waals surface area contributed by atoms with Crippen LogP contribution in [-0.4, -0.2) is 22.9 Å². The Hall–Kier alpha value is -2.30. The molecule has 3 aromatic rings. The molecule has 3 rings (SSSR count). The number of nitrogens with zero attached hydrogens (tertiary/aromatic N) is 2. The summed E-state index contributed by atoms with van der Waals surface area (Å²) < 4.78 is 5.72. The molecule has 28 heavy (non-hydrogen) atoms. The summed E-state index contributed by atoms with van der Waals surface area (Å²) in [5.74, 6) is 0.106. The highest BCUT2D eigenvalue weighted by molar-refractivity contribution is 6.31. The predicted octanol–water partition coefficient (Wildman–Crippen LogP) is 5.55.